The van der Waals surface area contributed by atoms with Crippen LogP contribution in [0.25, 0.3) is 16.7 Å². The number of rotatable bonds is 10. The molecule has 5 aromatic carbocycles. The summed E-state index contributed by atoms with van der Waals surface area (Å²) in [6, 6.07) is 43.3. The van der Waals surface area contributed by atoms with Crippen LogP contribution in [-0.4, -0.2) is 25.7 Å². The van der Waals surface area contributed by atoms with E-state index >= 15 is 0 Å². The highest BCUT2D eigenvalue weighted by molar-refractivity contribution is 6.35. The van der Waals surface area contributed by atoms with E-state index in [1.165, 1.54) is 0 Å². The number of aromatic nitrogens is 2. The lowest BCUT2D eigenvalue weighted by Crippen LogP contribution is -2.61. The van der Waals surface area contributed by atoms with Crippen molar-refractivity contribution in [2.45, 2.75) is 43.3 Å². The average molecular weight is 628 g/mol. The number of fused-ring (bicyclic) bond motifs is 1. The van der Waals surface area contributed by atoms with Crippen molar-refractivity contribution in [3.05, 3.63) is 171 Å². The number of nitrogens with zero attached hydrogens (tertiary/aromatic N) is 2. The van der Waals surface area contributed by atoms with Crippen molar-refractivity contribution in [3.63, 3.8) is 0 Å². The van der Waals surface area contributed by atoms with Crippen LogP contribution in [0.15, 0.2) is 138 Å². The third-order valence-electron chi connectivity index (χ3n) is 9.07. The molecule has 0 spiro atoms. The summed E-state index contributed by atoms with van der Waals surface area (Å²) in [5.41, 5.74) is 3.31. The fraction of sp³-hybridized carbons (Fsp3) is 0.179. The predicted octanol–water partition coefficient (Wildman–Crippen LogP) is 7.75. The summed E-state index contributed by atoms with van der Waals surface area (Å²) in [4.78, 5) is 26.9. The van der Waals surface area contributed by atoms with E-state index in [-0.39, 0.29) is 18.2 Å². The smallest absolute Gasteiger partial charge is 0.334 e. The Labute approximate surface area is 272 Å². The number of nitrogens with one attached hydrogen (secondary N) is 1. The van der Waals surface area contributed by atoms with Crippen LogP contribution in [0.5, 0.6) is 0 Å². The zero-order valence-corrected chi connectivity index (χ0v) is 26.2. The summed E-state index contributed by atoms with van der Waals surface area (Å²) in [5.74, 6) is -0.973. The number of halogens is 1. The molecule has 46 heavy (non-hydrogen) atoms. The molecule has 2 N–H and O–H groups in total. The van der Waals surface area contributed by atoms with Crippen molar-refractivity contribution in [1.82, 2.24) is 14.5 Å². The normalized spacial score (nSPS) is 14.7. The number of carbonyl (C=O) groups is 1. The monoisotopic (exact) mass is 627 g/mol. The van der Waals surface area contributed by atoms with Gasteiger partial charge in [-0.05, 0) is 66.3 Å². The second kappa shape index (κ2) is 11.8. The fourth-order valence-corrected chi connectivity index (χ4v) is 6.94. The summed E-state index contributed by atoms with van der Waals surface area (Å²) in [5, 5.41) is 15.0. The quantitative estimate of drug-likeness (QED) is 0.152. The predicted molar refractivity (Wildman–Crippen MR) is 183 cm³/mol. The third kappa shape index (κ3) is 5.14. The lowest BCUT2D eigenvalue weighted by Gasteiger charge is -2.43. The molecule has 7 rings (SSSR count). The molecule has 6 nitrogen and oxygen atoms in total. The summed E-state index contributed by atoms with van der Waals surface area (Å²) in [6.07, 6.45) is 2.14. The molecule has 1 aromatic heterocycles. The molecule has 0 radical (unpaired) electrons. The topological polar surface area (TPSA) is 76.3 Å². The van der Waals surface area contributed by atoms with Crippen LogP contribution in [0.4, 0.5) is 0 Å². The van der Waals surface area contributed by atoms with E-state index in [1.807, 2.05) is 132 Å². The maximum absolute atomic E-state index is 13.7. The Morgan fingerprint density at radius 1 is 0.783 bits per heavy atom. The first kappa shape index (κ1) is 29.8. The van der Waals surface area contributed by atoms with Gasteiger partial charge in [-0.2, -0.15) is 0 Å². The standard InChI is InChI=1S/C39H34ClN3O3/c1-38(36(44)45,41-39(28-12-5-2-6-13-28,29-14-7-3-8-15-29)30-16-9-4-10-17-30)26-27-20-22-32(23-21-27)43-35-33(40)18-11-19-34(35)42(37(43)46)31-24-25-31/h2-23,31,41H,24-26H2,1H3,(H,44,45). The highest BCUT2D eigenvalue weighted by Crippen LogP contribution is 2.40. The van der Waals surface area contributed by atoms with Gasteiger partial charge < -0.3 is 5.11 Å². The van der Waals surface area contributed by atoms with Crippen molar-refractivity contribution >= 4 is 28.6 Å². The molecule has 0 saturated heterocycles. The second-order valence-corrected chi connectivity index (χ2v) is 12.7. The van der Waals surface area contributed by atoms with Crippen LogP contribution in [-0.2, 0) is 16.8 Å². The number of hydrogen-bond donors (Lipinski definition) is 2. The number of carboxylic acids is 1. The molecular weight excluding hydrogens is 594 g/mol. The van der Waals surface area contributed by atoms with E-state index < -0.39 is 17.0 Å². The molecule has 1 aliphatic rings. The van der Waals surface area contributed by atoms with E-state index in [0.717, 1.165) is 40.6 Å². The van der Waals surface area contributed by atoms with Gasteiger partial charge in [-0.1, -0.05) is 121 Å². The zero-order chi connectivity index (χ0) is 31.9. The zero-order valence-electron chi connectivity index (χ0n) is 25.4. The summed E-state index contributed by atoms with van der Waals surface area (Å²) >= 11 is 6.64. The first-order valence-electron chi connectivity index (χ1n) is 15.5. The molecule has 0 bridgehead atoms. The van der Waals surface area contributed by atoms with Gasteiger partial charge in [0.25, 0.3) is 0 Å². The third-order valence-corrected chi connectivity index (χ3v) is 9.37. The van der Waals surface area contributed by atoms with Crippen molar-refractivity contribution < 1.29 is 9.90 Å². The molecule has 1 heterocycles. The number of imidazole rings is 1. The summed E-state index contributed by atoms with van der Waals surface area (Å²) in [6.45, 7) is 1.74. The summed E-state index contributed by atoms with van der Waals surface area (Å²) < 4.78 is 3.51. The van der Waals surface area contributed by atoms with E-state index in [1.54, 1.807) is 17.6 Å². The van der Waals surface area contributed by atoms with Gasteiger partial charge >= 0.3 is 11.7 Å². The van der Waals surface area contributed by atoms with Gasteiger partial charge in [-0.15, -0.1) is 0 Å². The molecule has 7 heteroatoms. The van der Waals surface area contributed by atoms with Crippen LogP contribution < -0.4 is 11.0 Å². The number of para-hydroxylation sites is 1. The van der Waals surface area contributed by atoms with Crippen LogP contribution in [0.1, 0.15) is 48.1 Å². The minimum Gasteiger partial charge on any atom is -0.480 e. The number of aliphatic carboxylic acids is 1. The molecule has 230 valence electrons. The minimum atomic E-state index is -1.40. The largest absolute Gasteiger partial charge is 0.480 e. The van der Waals surface area contributed by atoms with Crippen molar-refractivity contribution in [1.29, 1.82) is 0 Å². The Morgan fingerprint density at radius 3 is 1.78 bits per heavy atom. The Hall–Kier alpha value is -4.91. The Kier molecular flexibility index (Phi) is 7.63. The molecule has 1 unspecified atom stereocenters. The number of carboxylic acid groups (broad SMARTS) is 1. The van der Waals surface area contributed by atoms with Gasteiger partial charge in [0.1, 0.15) is 5.54 Å². The van der Waals surface area contributed by atoms with Crippen LogP contribution in [0, 0.1) is 0 Å². The van der Waals surface area contributed by atoms with Gasteiger partial charge in [-0.3, -0.25) is 19.2 Å². The van der Waals surface area contributed by atoms with E-state index in [2.05, 4.69) is 5.32 Å². The molecular formula is C39H34ClN3O3. The molecule has 0 amide bonds. The summed E-state index contributed by atoms with van der Waals surface area (Å²) in [7, 11) is 0. The van der Waals surface area contributed by atoms with E-state index in [0.29, 0.717) is 16.2 Å². The molecule has 1 saturated carbocycles. The van der Waals surface area contributed by atoms with E-state index in [9.17, 15) is 14.7 Å². The lowest BCUT2D eigenvalue weighted by molar-refractivity contribution is -0.144. The van der Waals surface area contributed by atoms with Crippen LogP contribution in [0.2, 0.25) is 5.02 Å². The number of benzene rings is 5. The fourth-order valence-electron chi connectivity index (χ4n) is 6.69. The minimum absolute atomic E-state index is 0.117. The maximum atomic E-state index is 13.7. The second-order valence-electron chi connectivity index (χ2n) is 12.3. The highest BCUT2D eigenvalue weighted by atomic mass is 35.5. The van der Waals surface area contributed by atoms with Crippen molar-refractivity contribution in [2.75, 3.05) is 0 Å². The van der Waals surface area contributed by atoms with Gasteiger partial charge in [0.15, 0.2) is 0 Å². The first-order valence-corrected chi connectivity index (χ1v) is 15.9. The van der Waals surface area contributed by atoms with Gasteiger partial charge in [0.2, 0.25) is 0 Å². The SMILES string of the molecule is CC(Cc1ccc(-n2c(=O)n(C3CC3)c3cccc(Cl)c32)cc1)(NC(c1ccccc1)(c1ccccc1)c1ccccc1)C(=O)O. The van der Waals surface area contributed by atoms with Gasteiger partial charge in [0, 0.05) is 12.5 Å². The van der Waals surface area contributed by atoms with Gasteiger partial charge in [0.05, 0.1) is 27.3 Å². The Morgan fingerprint density at radius 2 is 1.30 bits per heavy atom. The molecule has 0 aliphatic heterocycles. The van der Waals surface area contributed by atoms with Crippen molar-refractivity contribution in [3.8, 4) is 5.69 Å². The molecule has 6 aromatic rings. The van der Waals surface area contributed by atoms with Crippen LogP contribution in [0.3, 0.4) is 0 Å². The van der Waals surface area contributed by atoms with E-state index in [4.69, 9.17) is 11.6 Å². The Bertz CT molecular complexity index is 1970. The lowest BCUT2D eigenvalue weighted by atomic mass is 9.74. The first-order chi connectivity index (χ1) is 22.3. The number of hydrogen-bond acceptors (Lipinski definition) is 3. The van der Waals surface area contributed by atoms with Gasteiger partial charge in [-0.25, -0.2) is 4.79 Å². The average Bonchev–Trinajstić information content (AvgIpc) is 3.87. The maximum Gasteiger partial charge on any atom is 0.334 e. The highest BCUT2D eigenvalue weighted by Gasteiger charge is 2.45. The van der Waals surface area contributed by atoms with Crippen LogP contribution >= 0.6 is 11.6 Å². The molecule has 1 aliphatic carbocycles. The Balaban J connectivity index is 1.30. The molecule has 1 atom stereocenters. The molecule has 1 fully saturated rings. The van der Waals surface area contributed by atoms with Crippen molar-refractivity contribution in [2.24, 2.45) is 0 Å².